The molecule has 190 valence electrons. The minimum atomic E-state index is -1.12. The molecule has 2 saturated heterocycles. The van der Waals surface area contributed by atoms with Crippen molar-refractivity contribution < 1.29 is 14.0 Å². The molecular formula is C27H28FN7O2. The van der Waals surface area contributed by atoms with Crippen LogP contribution in [0.1, 0.15) is 29.6 Å². The van der Waals surface area contributed by atoms with Crippen LogP contribution in [0, 0.1) is 11.3 Å². The smallest absolute Gasteiger partial charge is 0.259 e. The number of pyridine rings is 2. The van der Waals surface area contributed by atoms with Crippen LogP contribution >= 0.6 is 0 Å². The van der Waals surface area contributed by atoms with E-state index in [2.05, 4.69) is 25.5 Å². The number of hydrogen-bond acceptors (Lipinski definition) is 7. The molecule has 0 saturated carbocycles. The Morgan fingerprint density at radius 3 is 2.65 bits per heavy atom. The second-order valence-electron chi connectivity index (χ2n) is 9.45. The standard InChI is InChI=1S/C27H28FN7O2/c28-18-14-20(15-29)35(16-18)25(36)17-34-12-8-19(9-13-34)32-23-7-6-22(26-21(23)4-3-11-31-26)27(37)33-24-5-1-2-10-30-24/h1-7,10-11,18-20,32H,8-9,12-14,16-17H2,(H,30,33,37)/t18-,20-/m0/s1. The highest BCUT2D eigenvalue weighted by molar-refractivity contribution is 6.13. The van der Waals surface area contributed by atoms with Gasteiger partial charge in [0.05, 0.1) is 30.2 Å². The quantitative estimate of drug-likeness (QED) is 0.533. The number of rotatable bonds is 6. The number of halogens is 1. The minimum absolute atomic E-state index is 0.00602. The maximum atomic E-state index is 13.7. The molecule has 0 radical (unpaired) electrons. The molecule has 1 aromatic carbocycles. The number of hydrogen-bond donors (Lipinski definition) is 2. The van der Waals surface area contributed by atoms with Crippen LogP contribution in [-0.4, -0.2) is 76.0 Å². The molecule has 2 aliphatic rings. The predicted octanol–water partition coefficient (Wildman–Crippen LogP) is 3.22. The molecule has 0 aliphatic carbocycles. The molecule has 0 unspecified atom stereocenters. The molecule has 2 aliphatic heterocycles. The fourth-order valence-electron chi connectivity index (χ4n) is 5.02. The Labute approximate surface area is 214 Å². The first-order chi connectivity index (χ1) is 18.0. The molecule has 0 spiro atoms. The van der Waals surface area contributed by atoms with E-state index in [1.807, 2.05) is 30.3 Å². The summed E-state index contributed by atoms with van der Waals surface area (Å²) in [5.41, 5.74) is 1.97. The monoisotopic (exact) mass is 501 g/mol. The number of nitrogens with zero attached hydrogens (tertiary/aromatic N) is 5. The molecule has 37 heavy (non-hydrogen) atoms. The summed E-state index contributed by atoms with van der Waals surface area (Å²) in [6.07, 6.45) is 3.91. The van der Waals surface area contributed by atoms with Gasteiger partial charge in [0, 0.05) is 49.0 Å². The zero-order valence-electron chi connectivity index (χ0n) is 20.3. The number of likely N-dealkylation sites (tertiary alicyclic amines) is 2. The third-order valence-electron chi connectivity index (χ3n) is 6.95. The summed E-state index contributed by atoms with van der Waals surface area (Å²) in [6, 6.07) is 14.3. The van der Waals surface area contributed by atoms with Crippen LogP contribution in [0.2, 0.25) is 0 Å². The molecule has 2 aromatic heterocycles. The van der Waals surface area contributed by atoms with E-state index in [4.69, 9.17) is 0 Å². The van der Waals surface area contributed by atoms with Crippen LogP contribution in [0.15, 0.2) is 54.9 Å². The molecule has 10 heteroatoms. The van der Waals surface area contributed by atoms with E-state index in [0.717, 1.165) is 23.9 Å². The number of aromatic nitrogens is 2. The van der Waals surface area contributed by atoms with Gasteiger partial charge in [0.2, 0.25) is 5.91 Å². The van der Waals surface area contributed by atoms with Crippen LogP contribution in [0.25, 0.3) is 10.9 Å². The molecule has 2 amide bonds. The fourth-order valence-corrected chi connectivity index (χ4v) is 5.02. The van der Waals surface area contributed by atoms with E-state index in [1.54, 1.807) is 30.6 Å². The van der Waals surface area contributed by atoms with Crippen LogP contribution in [0.5, 0.6) is 0 Å². The number of fused-ring (bicyclic) bond motifs is 1. The highest BCUT2D eigenvalue weighted by Gasteiger charge is 2.36. The van der Waals surface area contributed by atoms with Crippen LogP contribution in [0.4, 0.5) is 15.9 Å². The van der Waals surface area contributed by atoms with Crippen LogP contribution in [-0.2, 0) is 4.79 Å². The summed E-state index contributed by atoms with van der Waals surface area (Å²) < 4.78 is 13.7. The number of benzene rings is 1. The molecule has 4 heterocycles. The summed E-state index contributed by atoms with van der Waals surface area (Å²) in [7, 11) is 0. The first-order valence-corrected chi connectivity index (χ1v) is 12.4. The van der Waals surface area contributed by atoms with Crippen molar-refractivity contribution in [2.24, 2.45) is 0 Å². The van der Waals surface area contributed by atoms with Crippen molar-refractivity contribution in [1.29, 1.82) is 5.26 Å². The van der Waals surface area contributed by atoms with Crippen molar-refractivity contribution in [1.82, 2.24) is 19.8 Å². The topological polar surface area (TPSA) is 114 Å². The lowest BCUT2D eigenvalue weighted by Gasteiger charge is -2.33. The van der Waals surface area contributed by atoms with Crippen LogP contribution in [0.3, 0.4) is 0 Å². The Hall–Kier alpha value is -4.10. The number of nitriles is 1. The van der Waals surface area contributed by atoms with E-state index >= 15 is 0 Å². The second-order valence-corrected chi connectivity index (χ2v) is 9.45. The van der Waals surface area contributed by atoms with E-state index in [0.29, 0.717) is 30.0 Å². The van der Waals surface area contributed by atoms with Gasteiger partial charge in [0.15, 0.2) is 0 Å². The normalized spacial score (nSPS) is 20.5. The summed E-state index contributed by atoms with van der Waals surface area (Å²) in [6.45, 7) is 1.64. The third-order valence-corrected chi connectivity index (χ3v) is 6.95. The highest BCUT2D eigenvalue weighted by atomic mass is 19.1. The number of nitrogens with one attached hydrogen (secondary N) is 2. The number of alkyl halides is 1. The highest BCUT2D eigenvalue weighted by Crippen LogP contribution is 2.28. The summed E-state index contributed by atoms with van der Waals surface area (Å²) >= 11 is 0. The SMILES string of the molecule is N#C[C@@H]1C[C@H](F)CN1C(=O)CN1CCC(Nc2ccc(C(=O)Nc3ccccn3)c3ncccc23)CC1. The average molecular weight is 502 g/mol. The maximum Gasteiger partial charge on any atom is 0.259 e. The first-order valence-electron chi connectivity index (χ1n) is 12.4. The zero-order valence-corrected chi connectivity index (χ0v) is 20.3. The van der Waals surface area contributed by atoms with Crippen molar-refractivity contribution in [3.8, 4) is 6.07 Å². The van der Waals surface area contributed by atoms with E-state index < -0.39 is 12.2 Å². The van der Waals surface area contributed by atoms with Crippen molar-refractivity contribution in [3.63, 3.8) is 0 Å². The number of carbonyl (C=O) groups is 2. The first kappa shape index (κ1) is 24.6. The van der Waals surface area contributed by atoms with Gasteiger partial charge in [0.1, 0.15) is 18.0 Å². The number of amides is 2. The summed E-state index contributed by atoms with van der Waals surface area (Å²) in [5, 5.41) is 16.5. The van der Waals surface area contributed by atoms with Crippen molar-refractivity contribution in [3.05, 3.63) is 60.4 Å². The molecule has 2 atom stereocenters. The van der Waals surface area contributed by atoms with Gasteiger partial charge >= 0.3 is 0 Å². The maximum absolute atomic E-state index is 13.7. The lowest BCUT2D eigenvalue weighted by molar-refractivity contribution is -0.132. The summed E-state index contributed by atoms with van der Waals surface area (Å²) in [4.78, 5) is 37.6. The van der Waals surface area contributed by atoms with Crippen LogP contribution < -0.4 is 10.6 Å². The van der Waals surface area contributed by atoms with E-state index in [1.165, 1.54) is 4.90 Å². The molecule has 2 N–H and O–H groups in total. The Bertz CT molecular complexity index is 1320. The van der Waals surface area contributed by atoms with Gasteiger partial charge in [-0.25, -0.2) is 9.37 Å². The Balaban J connectivity index is 1.21. The lowest BCUT2D eigenvalue weighted by Crippen LogP contribution is -2.46. The van der Waals surface area contributed by atoms with E-state index in [9.17, 15) is 19.2 Å². The zero-order chi connectivity index (χ0) is 25.8. The largest absolute Gasteiger partial charge is 0.382 e. The molecule has 5 rings (SSSR count). The Morgan fingerprint density at radius 1 is 1.08 bits per heavy atom. The molecular weight excluding hydrogens is 473 g/mol. The second kappa shape index (κ2) is 10.9. The van der Waals surface area contributed by atoms with E-state index in [-0.39, 0.29) is 37.4 Å². The van der Waals surface area contributed by atoms with Crippen molar-refractivity contribution >= 4 is 34.2 Å². The molecule has 0 bridgehead atoms. The van der Waals surface area contributed by atoms with Gasteiger partial charge in [-0.1, -0.05) is 6.07 Å². The van der Waals surface area contributed by atoms with Gasteiger partial charge in [0.25, 0.3) is 5.91 Å². The predicted molar refractivity (Wildman–Crippen MR) is 138 cm³/mol. The third kappa shape index (κ3) is 5.52. The summed E-state index contributed by atoms with van der Waals surface area (Å²) in [5.74, 6) is 0.0128. The van der Waals surface area contributed by atoms with Gasteiger partial charge in [-0.05, 0) is 49.2 Å². The number of anilines is 2. The Kier molecular flexibility index (Phi) is 7.23. The van der Waals surface area contributed by atoms with Crippen molar-refractivity contribution in [2.75, 3.05) is 36.8 Å². The van der Waals surface area contributed by atoms with Gasteiger partial charge in [-0.2, -0.15) is 5.26 Å². The number of carbonyl (C=O) groups excluding carboxylic acids is 2. The van der Waals surface area contributed by atoms with Gasteiger partial charge < -0.3 is 15.5 Å². The Morgan fingerprint density at radius 2 is 1.89 bits per heavy atom. The fraction of sp³-hybridized carbons (Fsp3) is 0.370. The minimum Gasteiger partial charge on any atom is -0.382 e. The average Bonchev–Trinajstić information content (AvgIpc) is 3.31. The molecule has 2 fully saturated rings. The van der Waals surface area contributed by atoms with Crippen molar-refractivity contribution in [2.45, 2.75) is 37.5 Å². The van der Waals surface area contributed by atoms with Gasteiger partial charge in [-0.3, -0.25) is 19.5 Å². The number of piperidine rings is 1. The molecule has 9 nitrogen and oxygen atoms in total. The lowest BCUT2D eigenvalue weighted by atomic mass is 10.0. The van der Waals surface area contributed by atoms with Gasteiger partial charge in [-0.15, -0.1) is 0 Å². The molecule has 3 aromatic rings.